The van der Waals surface area contributed by atoms with Gasteiger partial charge in [-0.15, -0.1) is 11.8 Å². The summed E-state index contributed by atoms with van der Waals surface area (Å²) >= 11 is 1.58. The van der Waals surface area contributed by atoms with Crippen LogP contribution in [0.5, 0.6) is 0 Å². The molecule has 0 saturated heterocycles. The minimum atomic E-state index is -0.271. The Labute approximate surface area is 146 Å². The van der Waals surface area contributed by atoms with Gasteiger partial charge in [0.2, 0.25) is 0 Å². The number of nitriles is 1. The molecule has 2 atom stereocenters. The van der Waals surface area contributed by atoms with E-state index in [4.69, 9.17) is 5.26 Å². The number of benzene rings is 1. The van der Waals surface area contributed by atoms with Crippen LogP contribution in [-0.2, 0) is 7.05 Å². The molecule has 0 radical (unpaired) electrons. The molecule has 0 aliphatic heterocycles. The van der Waals surface area contributed by atoms with Crippen molar-refractivity contribution in [3.05, 3.63) is 42.2 Å². The van der Waals surface area contributed by atoms with Crippen molar-refractivity contribution in [2.45, 2.75) is 36.5 Å². The molecule has 1 heterocycles. The average Bonchev–Trinajstić information content (AvgIpc) is 2.96. The molecule has 126 valence electrons. The third kappa shape index (κ3) is 5.03. The normalized spacial score (nSPS) is 12.9. The van der Waals surface area contributed by atoms with Crippen LogP contribution in [0.25, 0.3) is 0 Å². The molecule has 24 heavy (non-hydrogen) atoms. The number of aryl methyl sites for hydroxylation is 1. The summed E-state index contributed by atoms with van der Waals surface area (Å²) in [6.45, 7) is 3.90. The van der Waals surface area contributed by atoms with Crippen molar-refractivity contribution in [3.63, 3.8) is 0 Å². The largest absolute Gasteiger partial charge is 0.331 e. The zero-order valence-electron chi connectivity index (χ0n) is 14.0. The zero-order chi connectivity index (χ0) is 17.5. The molecule has 2 rings (SSSR count). The lowest BCUT2D eigenvalue weighted by Gasteiger charge is -2.16. The number of amides is 2. The third-order valence-electron chi connectivity index (χ3n) is 3.41. The van der Waals surface area contributed by atoms with Crippen LogP contribution in [0.1, 0.15) is 31.9 Å². The lowest BCUT2D eigenvalue weighted by molar-refractivity contribution is 0.249. The Hall–Kier alpha value is -2.46. The monoisotopic (exact) mass is 343 g/mol. The molecular formula is C17H21N5OS. The molecule has 2 amide bonds. The minimum Gasteiger partial charge on any atom is -0.331 e. The summed E-state index contributed by atoms with van der Waals surface area (Å²) in [6, 6.07) is 9.35. The van der Waals surface area contributed by atoms with Crippen LogP contribution >= 0.6 is 11.8 Å². The summed E-state index contributed by atoms with van der Waals surface area (Å²) in [5, 5.41) is 18.8. The molecule has 0 unspecified atom stereocenters. The van der Waals surface area contributed by atoms with Crippen molar-refractivity contribution in [3.8, 4) is 6.07 Å². The Morgan fingerprint density at radius 1 is 1.42 bits per heavy atom. The smallest absolute Gasteiger partial charge is 0.319 e. The average molecular weight is 343 g/mol. The standard InChI is InChI=1S/C17H21N5OS/c1-12(8-9-18)24-16-7-5-4-6-15(16)21-17(23)20-13(2)14-10-19-22(3)11-14/h4-7,10-13H,8H2,1-3H3,(H2,20,21,23)/t12-,13-/m0/s1. The van der Waals surface area contributed by atoms with E-state index >= 15 is 0 Å². The van der Waals surface area contributed by atoms with Gasteiger partial charge in [-0.05, 0) is 19.1 Å². The number of carbonyl (C=O) groups excluding carboxylic acids is 1. The second kappa shape index (κ2) is 8.41. The van der Waals surface area contributed by atoms with E-state index in [1.54, 1.807) is 22.6 Å². The first-order valence-electron chi connectivity index (χ1n) is 7.68. The Bertz CT molecular complexity index is 737. The van der Waals surface area contributed by atoms with Crippen molar-refractivity contribution in [2.75, 3.05) is 5.32 Å². The van der Waals surface area contributed by atoms with Gasteiger partial charge in [0.05, 0.1) is 24.0 Å². The quantitative estimate of drug-likeness (QED) is 0.784. The van der Waals surface area contributed by atoms with Gasteiger partial charge >= 0.3 is 6.03 Å². The molecule has 7 heteroatoms. The number of para-hydroxylation sites is 1. The van der Waals surface area contributed by atoms with Crippen molar-refractivity contribution >= 4 is 23.5 Å². The number of nitrogens with zero attached hydrogens (tertiary/aromatic N) is 3. The molecule has 0 fully saturated rings. The molecule has 2 aromatic rings. The molecule has 0 spiro atoms. The first kappa shape index (κ1) is 17.9. The highest BCUT2D eigenvalue weighted by Crippen LogP contribution is 2.31. The summed E-state index contributed by atoms with van der Waals surface area (Å²) < 4.78 is 1.70. The van der Waals surface area contributed by atoms with Gasteiger partial charge in [-0.2, -0.15) is 10.4 Å². The van der Waals surface area contributed by atoms with Crippen LogP contribution < -0.4 is 10.6 Å². The van der Waals surface area contributed by atoms with Crippen molar-refractivity contribution in [1.82, 2.24) is 15.1 Å². The van der Waals surface area contributed by atoms with Crippen LogP contribution in [0.3, 0.4) is 0 Å². The van der Waals surface area contributed by atoms with Crippen molar-refractivity contribution in [2.24, 2.45) is 7.05 Å². The van der Waals surface area contributed by atoms with E-state index in [1.165, 1.54) is 0 Å². The highest BCUT2D eigenvalue weighted by molar-refractivity contribution is 8.00. The number of anilines is 1. The lowest BCUT2D eigenvalue weighted by Crippen LogP contribution is -2.31. The Morgan fingerprint density at radius 3 is 2.83 bits per heavy atom. The molecule has 0 aliphatic carbocycles. The SMILES string of the molecule is C[C@H](NC(=O)Nc1ccccc1S[C@@H](C)CC#N)c1cnn(C)c1. The van der Waals surface area contributed by atoms with E-state index in [1.807, 2.05) is 51.4 Å². The van der Waals surface area contributed by atoms with Gasteiger partial charge in [0.15, 0.2) is 0 Å². The summed E-state index contributed by atoms with van der Waals surface area (Å²) in [4.78, 5) is 13.2. The first-order valence-corrected chi connectivity index (χ1v) is 8.56. The summed E-state index contributed by atoms with van der Waals surface area (Å²) in [7, 11) is 1.84. The molecule has 0 saturated carbocycles. The number of hydrogen-bond acceptors (Lipinski definition) is 4. The molecule has 2 N–H and O–H groups in total. The first-order chi connectivity index (χ1) is 11.5. The second-order valence-corrected chi connectivity index (χ2v) is 7.03. The predicted octanol–water partition coefficient (Wildman–Crippen LogP) is 3.70. The van der Waals surface area contributed by atoms with Crippen LogP contribution in [-0.4, -0.2) is 21.1 Å². The lowest BCUT2D eigenvalue weighted by atomic mass is 10.2. The van der Waals surface area contributed by atoms with Gasteiger partial charge in [-0.25, -0.2) is 4.79 Å². The maximum atomic E-state index is 12.3. The van der Waals surface area contributed by atoms with E-state index in [-0.39, 0.29) is 17.3 Å². The number of thioether (sulfide) groups is 1. The van der Waals surface area contributed by atoms with Crippen molar-refractivity contribution in [1.29, 1.82) is 5.26 Å². The van der Waals surface area contributed by atoms with Gasteiger partial charge in [0.25, 0.3) is 0 Å². The van der Waals surface area contributed by atoms with Gasteiger partial charge in [-0.3, -0.25) is 4.68 Å². The summed E-state index contributed by atoms with van der Waals surface area (Å²) in [6.07, 6.45) is 4.07. The minimum absolute atomic E-state index is 0.143. The molecule has 1 aromatic carbocycles. The number of carbonyl (C=O) groups is 1. The van der Waals surface area contributed by atoms with E-state index in [0.717, 1.165) is 16.1 Å². The van der Waals surface area contributed by atoms with Crippen LogP contribution in [0.4, 0.5) is 10.5 Å². The number of rotatable bonds is 6. The molecule has 0 aliphatic rings. The maximum absolute atomic E-state index is 12.3. The third-order valence-corrected chi connectivity index (χ3v) is 4.59. The molecule has 0 bridgehead atoms. The number of aromatic nitrogens is 2. The van der Waals surface area contributed by atoms with Crippen LogP contribution in [0.2, 0.25) is 0 Å². The molecule has 6 nitrogen and oxygen atoms in total. The van der Waals surface area contributed by atoms with Crippen molar-refractivity contribution < 1.29 is 4.79 Å². The highest BCUT2D eigenvalue weighted by atomic mass is 32.2. The number of nitrogens with one attached hydrogen (secondary N) is 2. The van der Waals surface area contributed by atoms with E-state index in [2.05, 4.69) is 21.8 Å². The van der Waals surface area contributed by atoms with Crippen LogP contribution in [0.15, 0.2) is 41.6 Å². The predicted molar refractivity (Wildman–Crippen MR) is 95.8 cm³/mol. The Morgan fingerprint density at radius 2 is 2.17 bits per heavy atom. The van der Waals surface area contributed by atoms with E-state index in [0.29, 0.717) is 6.42 Å². The fourth-order valence-corrected chi connectivity index (χ4v) is 3.16. The molecule has 1 aromatic heterocycles. The Kier molecular flexibility index (Phi) is 6.27. The fraction of sp³-hybridized carbons (Fsp3) is 0.353. The maximum Gasteiger partial charge on any atom is 0.319 e. The fourth-order valence-electron chi connectivity index (χ4n) is 2.16. The topological polar surface area (TPSA) is 82.7 Å². The van der Waals surface area contributed by atoms with Crippen LogP contribution in [0, 0.1) is 11.3 Å². The van der Waals surface area contributed by atoms with E-state index in [9.17, 15) is 4.79 Å². The number of urea groups is 1. The number of hydrogen-bond donors (Lipinski definition) is 2. The summed E-state index contributed by atoms with van der Waals surface area (Å²) in [5.74, 6) is 0. The highest BCUT2D eigenvalue weighted by Gasteiger charge is 2.13. The summed E-state index contributed by atoms with van der Waals surface area (Å²) in [5.41, 5.74) is 1.68. The van der Waals surface area contributed by atoms with Gasteiger partial charge in [0.1, 0.15) is 0 Å². The van der Waals surface area contributed by atoms with Gasteiger partial charge in [-0.1, -0.05) is 19.1 Å². The van der Waals surface area contributed by atoms with Gasteiger partial charge < -0.3 is 10.6 Å². The Balaban J connectivity index is 2.00. The van der Waals surface area contributed by atoms with Gasteiger partial charge in [0, 0.05) is 35.4 Å². The van der Waals surface area contributed by atoms with E-state index < -0.39 is 0 Å². The molecular weight excluding hydrogens is 322 g/mol. The second-order valence-electron chi connectivity index (χ2n) is 5.55. The zero-order valence-corrected chi connectivity index (χ0v) is 14.8.